The average Bonchev–Trinajstić information content (AvgIpc) is 2.72. The number of nitrogens with zero attached hydrogens (tertiary/aromatic N) is 1. The molecular weight excluding hydrogens is 374 g/mol. The normalized spacial score (nSPS) is 14.6. The lowest BCUT2D eigenvalue weighted by Crippen LogP contribution is -2.38. The van der Waals surface area contributed by atoms with E-state index in [1.807, 2.05) is 19.1 Å². The van der Waals surface area contributed by atoms with Crippen molar-refractivity contribution in [2.75, 3.05) is 6.54 Å². The van der Waals surface area contributed by atoms with Crippen molar-refractivity contribution in [2.45, 2.75) is 43.5 Å². The van der Waals surface area contributed by atoms with Gasteiger partial charge in [-0.3, -0.25) is 4.79 Å². The molecule has 0 saturated heterocycles. The number of benzene rings is 2. The molecule has 146 valence electrons. The van der Waals surface area contributed by atoms with Crippen molar-refractivity contribution in [3.8, 4) is 6.07 Å². The standard InChI is InChI=1S/C21H23N3O3S/c1-15(17-11-10-16-6-2-3-7-18(16)12-17)24-21(25)14-23-28(26,27)20-9-5-4-8-19(20)13-22/h4-5,8-12,15,23H,2-3,6-7,14H2,1H3,(H,24,25)/t15-/m0/s1. The van der Waals surface area contributed by atoms with Crippen LogP contribution in [0.1, 0.15) is 48.1 Å². The van der Waals surface area contributed by atoms with Gasteiger partial charge in [0.1, 0.15) is 6.07 Å². The van der Waals surface area contributed by atoms with Gasteiger partial charge in [-0.2, -0.15) is 5.26 Å². The molecule has 28 heavy (non-hydrogen) atoms. The van der Waals surface area contributed by atoms with Crippen molar-refractivity contribution in [2.24, 2.45) is 0 Å². The lowest BCUT2D eigenvalue weighted by atomic mass is 9.89. The number of nitriles is 1. The number of aryl methyl sites for hydroxylation is 2. The molecule has 0 spiro atoms. The van der Waals surface area contributed by atoms with Gasteiger partial charge in [0.05, 0.1) is 23.0 Å². The summed E-state index contributed by atoms with van der Waals surface area (Å²) in [5.41, 5.74) is 3.75. The third-order valence-electron chi connectivity index (χ3n) is 4.97. The van der Waals surface area contributed by atoms with Gasteiger partial charge in [0.2, 0.25) is 15.9 Å². The molecule has 1 atom stereocenters. The number of rotatable bonds is 6. The Morgan fingerprint density at radius 2 is 1.86 bits per heavy atom. The van der Waals surface area contributed by atoms with E-state index in [1.54, 1.807) is 6.07 Å². The van der Waals surface area contributed by atoms with Crippen LogP contribution in [0, 0.1) is 11.3 Å². The quantitative estimate of drug-likeness (QED) is 0.783. The average molecular weight is 398 g/mol. The Morgan fingerprint density at radius 1 is 1.14 bits per heavy atom. The fraction of sp³-hybridized carbons (Fsp3) is 0.333. The van der Waals surface area contributed by atoms with E-state index in [2.05, 4.69) is 22.2 Å². The number of sulfonamides is 1. The van der Waals surface area contributed by atoms with Gasteiger partial charge in [-0.1, -0.05) is 30.3 Å². The molecule has 7 heteroatoms. The maximum Gasteiger partial charge on any atom is 0.242 e. The third kappa shape index (κ3) is 4.58. The summed E-state index contributed by atoms with van der Waals surface area (Å²) in [7, 11) is -3.94. The molecule has 2 N–H and O–H groups in total. The Hall–Kier alpha value is -2.69. The van der Waals surface area contributed by atoms with Crippen LogP contribution in [0.25, 0.3) is 0 Å². The second-order valence-electron chi connectivity index (χ2n) is 6.96. The van der Waals surface area contributed by atoms with Crippen LogP contribution in [0.3, 0.4) is 0 Å². The van der Waals surface area contributed by atoms with Gasteiger partial charge in [-0.05, 0) is 61.4 Å². The van der Waals surface area contributed by atoms with Gasteiger partial charge in [0.15, 0.2) is 0 Å². The van der Waals surface area contributed by atoms with E-state index in [1.165, 1.54) is 42.2 Å². The summed E-state index contributed by atoms with van der Waals surface area (Å²) < 4.78 is 27.0. The van der Waals surface area contributed by atoms with Crippen LogP contribution in [-0.2, 0) is 27.7 Å². The van der Waals surface area contributed by atoms with Crippen molar-refractivity contribution in [3.05, 3.63) is 64.7 Å². The number of hydrogen-bond donors (Lipinski definition) is 2. The molecule has 0 fully saturated rings. The van der Waals surface area contributed by atoms with Crippen LogP contribution in [0.2, 0.25) is 0 Å². The van der Waals surface area contributed by atoms with Gasteiger partial charge in [-0.15, -0.1) is 0 Å². The zero-order valence-electron chi connectivity index (χ0n) is 15.7. The zero-order chi connectivity index (χ0) is 20.1. The highest BCUT2D eigenvalue weighted by molar-refractivity contribution is 7.89. The minimum absolute atomic E-state index is 0.0397. The molecule has 1 amide bonds. The highest BCUT2D eigenvalue weighted by atomic mass is 32.2. The van der Waals surface area contributed by atoms with Crippen LogP contribution in [0.5, 0.6) is 0 Å². The highest BCUT2D eigenvalue weighted by Crippen LogP contribution is 2.24. The lowest BCUT2D eigenvalue weighted by molar-refractivity contribution is -0.120. The first kappa shape index (κ1) is 20.1. The fourth-order valence-electron chi connectivity index (χ4n) is 3.43. The molecule has 2 aromatic rings. The number of amides is 1. The third-order valence-corrected chi connectivity index (χ3v) is 6.43. The zero-order valence-corrected chi connectivity index (χ0v) is 16.6. The van der Waals surface area contributed by atoms with E-state index < -0.39 is 22.5 Å². The number of fused-ring (bicyclic) bond motifs is 1. The molecule has 0 aromatic heterocycles. The number of hydrogen-bond acceptors (Lipinski definition) is 4. The molecule has 3 rings (SSSR count). The fourth-order valence-corrected chi connectivity index (χ4v) is 4.57. The van der Waals surface area contributed by atoms with Crippen molar-refractivity contribution in [3.63, 3.8) is 0 Å². The van der Waals surface area contributed by atoms with E-state index in [0.717, 1.165) is 18.4 Å². The predicted molar refractivity (Wildman–Crippen MR) is 106 cm³/mol. The highest BCUT2D eigenvalue weighted by Gasteiger charge is 2.20. The van der Waals surface area contributed by atoms with Gasteiger partial charge in [0.25, 0.3) is 0 Å². The summed E-state index contributed by atoms with van der Waals surface area (Å²) in [5, 5.41) is 11.9. The Morgan fingerprint density at radius 3 is 2.61 bits per heavy atom. The summed E-state index contributed by atoms with van der Waals surface area (Å²) in [4.78, 5) is 12.1. The van der Waals surface area contributed by atoms with E-state index in [9.17, 15) is 13.2 Å². The second-order valence-corrected chi connectivity index (χ2v) is 8.69. The van der Waals surface area contributed by atoms with Crippen molar-refractivity contribution < 1.29 is 13.2 Å². The molecule has 6 nitrogen and oxygen atoms in total. The first-order chi connectivity index (χ1) is 13.4. The van der Waals surface area contributed by atoms with Gasteiger partial charge in [-0.25, -0.2) is 13.1 Å². The molecule has 0 saturated carbocycles. The lowest BCUT2D eigenvalue weighted by Gasteiger charge is -2.20. The van der Waals surface area contributed by atoms with E-state index in [4.69, 9.17) is 5.26 Å². The monoisotopic (exact) mass is 397 g/mol. The van der Waals surface area contributed by atoms with Gasteiger partial charge in [0, 0.05) is 0 Å². The number of carbonyl (C=O) groups is 1. The maximum absolute atomic E-state index is 12.4. The smallest absolute Gasteiger partial charge is 0.242 e. The SMILES string of the molecule is C[C@H](NC(=O)CNS(=O)(=O)c1ccccc1C#N)c1ccc2c(c1)CCCC2. The predicted octanol–water partition coefficient (Wildman–Crippen LogP) is 2.59. The molecule has 0 aliphatic heterocycles. The Balaban J connectivity index is 1.62. The molecule has 0 bridgehead atoms. The molecule has 1 aliphatic carbocycles. The second kappa shape index (κ2) is 8.55. The van der Waals surface area contributed by atoms with E-state index >= 15 is 0 Å². The van der Waals surface area contributed by atoms with Crippen LogP contribution >= 0.6 is 0 Å². The molecule has 0 radical (unpaired) electrons. The summed E-state index contributed by atoms with van der Waals surface area (Å²) in [6.45, 7) is 1.49. The molecule has 0 unspecified atom stereocenters. The Kier molecular flexibility index (Phi) is 6.12. The summed E-state index contributed by atoms with van der Waals surface area (Å²) in [6, 6.07) is 13.8. The van der Waals surface area contributed by atoms with Crippen molar-refractivity contribution >= 4 is 15.9 Å². The van der Waals surface area contributed by atoms with Crippen molar-refractivity contribution in [1.82, 2.24) is 10.0 Å². The number of nitrogens with one attached hydrogen (secondary N) is 2. The molecule has 2 aromatic carbocycles. The minimum Gasteiger partial charge on any atom is -0.348 e. The Labute approximate surface area is 165 Å². The van der Waals surface area contributed by atoms with Crippen LogP contribution < -0.4 is 10.0 Å². The summed E-state index contributed by atoms with van der Waals surface area (Å²) in [5.74, 6) is -0.428. The number of carbonyl (C=O) groups excluding carboxylic acids is 1. The topological polar surface area (TPSA) is 99.1 Å². The first-order valence-corrected chi connectivity index (χ1v) is 10.8. The van der Waals surface area contributed by atoms with Crippen LogP contribution in [0.15, 0.2) is 47.4 Å². The first-order valence-electron chi connectivity index (χ1n) is 9.30. The summed E-state index contributed by atoms with van der Waals surface area (Å²) in [6.07, 6.45) is 4.56. The molecular formula is C21H23N3O3S. The maximum atomic E-state index is 12.4. The largest absolute Gasteiger partial charge is 0.348 e. The van der Waals surface area contributed by atoms with Crippen LogP contribution in [-0.4, -0.2) is 20.9 Å². The van der Waals surface area contributed by atoms with Gasteiger partial charge >= 0.3 is 0 Å². The van der Waals surface area contributed by atoms with Gasteiger partial charge < -0.3 is 5.32 Å². The van der Waals surface area contributed by atoms with Crippen LogP contribution in [0.4, 0.5) is 0 Å². The van der Waals surface area contributed by atoms with E-state index in [0.29, 0.717) is 0 Å². The Bertz CT molecular complexity index is 1030. The molecule has 0 heterocycles. The summed E-state index contributed by atoms with van der Waals surface area (Å²) >= 11 is 0. The van der Waals surface area contributed by atoms with Crippen molar-refractivity contribution in [1.29, 1.82) is 5.26 Å². The van der Waals surface area contributed by atoms with E-state index in [-0.39, 0.29) is 16.5 Å². The molecule has 1 aliphatic rings. The minimum atomic E-state index is -3.94.